The lowest BCUT2D eigenvalue weighted by Gasteiger charge is -2.14. The van der Waals surface area contributed by atoms with Crippen molar-refractivity contribution >= 4 is 23.0 Å². The Morgan fingerprint density at radius 1 is 1.10 bits per heavy atom. The molecule has 0 aliphatic rings. The van der Waals surface area contributed by atoms with Gasteiger partial charge in [0.15, 0.2) is 5.71 Å². The summed E-state index contributed by atoms with van der Waals surface area (Å²) in [7, 11) is 4.62. The average molecular weight is 414 g/mol. The number of amides is 1. The topological polar surface area (TPSA) is 84.3 Å². The number of halogens is 1. The van der Waals surface area contributed by atoms with Crippen LogP contribution < -0.4 is 10.6 Å². The van der Waals surface area contributed by atoms with Gasteiger partial charge in [-0.1, -0.05) is 34.6 Å². The van der Waals surface area contributed by atoms with Crippen LogP contribution in [0.1, 0.15) is 34.7 Å². The molecule has 0 bridgehead atoms. The summed E-state index contributed by atoms with van der Waals surface area (Å²) in [5.74, 6) is -0.774. The lowest BCUT2D eigenvalue weighted by Crippen LogP contribution is -2.29. The van der Waals surface area contributed by atoms with Crippen molar-refractivity contribution in [3.05, 3.63) is 64.0 Å². The quantitative estimate of drug-likeness (QED) is 0.511. The molecule has 160 valence electrons. The Labute approximate surface area is 175 Å². The van der Waals surface area contributed by atoms with Gasteiger partial charge < -0.3 is 20.3 Å². The number of oxime groups is 2. The highest BCUT2D eigenvalue weighted by molar-refractivity contribution is 6.45. The van der Waals surface area contributed by atoms with E-state index in [0.29, 0.717) is 22.5 Å². The van der Waals surface area contributed by atoms with Crippen molar-refractivity contribution in [2.24, 2.45) is 10.3 Å². The van der Waals surface area contributed by atoms with Gasteiger partial charge in [-0.3, -0.25) is 4.79 Å². The Hall–Kier alpha value is -3.42. The van der Waals surface area contributed by atoms with Crippen molar-refractivity contribution < 1.29 is 18.9 Å². The van der Waals surface area contributed by atoms with Crippen LogP contribution >= 0.6 is 0 Å². The molecule has 0 radical (unpaired) electrons. The number of rotatable bonds is 8. The van der Waals surface area contributed by atoms with Crippen LogP contribution in [0, 0.1) is 19.7 Å². The van der Waals surface area contributed by atoms with E-state index in [1.54, 1.807) is 26.1 Å². The highest BCUT2D eigenvalue weighted by atomic mass is 19.1. The fraction of sp³-hybridized carbons (Fsp3) is 0.318. The molecule has 2 N–H and O–H groups in total. The van der Waals surface area contributed by atoms with E-state index < -0.39 is 0 Å². The summed E-state index contributed by atoms with van der Waals surface area (Å²) in [6.07, 6.45) is 0. The second kappa shape index (κ2) is 10.4. The maximum Gasteiger partial charge on any atom is 0.273 e. The number of anilines is 1. The van der Waals surface area contributed by atoms with Crippen LogP contribution in [0.2, 0.25) is 0 Å². The summed E-state index contributed by atoms with van der Waals surface area (Å²) in [4.78, 5) is 22.6. The standard InChI is InChI=1S/C22H27FN4O3/c1-13-8-7-9-16(21(27-29-6)22(28)25-5)17(13)12-30-26-15(3)19-18(23)11-10-14(2)20(19)24-4/h7-11,24H,12H2,1-6H3,(H,25,28)/b26-15+,27-21+. The number of hydrogen-bond donors (Lipinski definition) is 2. The molecule has 2 aromatic carbocycles. The van der Waals surface area contributed by atoms with Gasteiger partial charge in [-0.05, 0) is 38.0 Å². The molecule has 0 fully saturated rings. The van der Waals surface area contributed by atoms with Crippen LogP contribution in [0.4, 0.5) is 10.1 Å². The number of nitrogens with one attached hydrogen (secondary N) is 2. The van der Waals surface area contributed by atoms with Crippen LogP contribution in [0.5, 0.6) is 0 Å². The summed E-state index contributed by atoms with van der Waals surface area (Å²) in [5.41, 5.74) is 4.63. The third-order valence-electron chi connectivity index (χ3n) is 4.68. The first kappa shape index (κ1) is 22.9. The van der Waals surface area contributed by atoms with Crippen LogP contribution in [0.3, 0.4) is 0 Å². The minimum absolute atomic E-state index is 0.0708. The molecule has 30 heavy (non-hydrogen) atoms. The van der Waals surface area contributed by atoms with E-state index in [1.807, 2.05) is 26.0 Å². The molecule has 0 aromatic heterocycles. The Balaban J connectivity index is 2.37. The molecule has 0 saturated heterocycles. The lowest BCUT2D eigenvalue weighted by molar-refractivity contribution is -0.114. The largest absolute Gasteiger partial charge is 0.398 e. The molecular formula is C22H27FN4O3. The van der Waals surface area contributed by atoms with Crippen molar-refractivity contribution in [2.75, 3.05) is 26.5 Å². The summed E-state index contributed by atoms with van der Waals surface area (Å²) in [6.45, 7) is 5.53. The van der Waals surface area contributed by atoms with Gasteiger partial charge in [0.05, 0.1) is 11.3 Å². The highest BCUT2D eigenvalue weighted by Crippen LogP contribution is 2.24. The first-order chi connectivity index (χ1) is 14.3. The van der Waals surface area contributed by atoms with Gasteiger partial charge in [0.2, 0.25) is 0 Å². The lowest BCUT2D eigenvalue weighted by atomic mass is 9.98. The summed E-state index contributed by atoms with van der Waals surface area (Å²) in [6, 6.07) is 8.58. The van der Waals surface area contributed by atoms with E-state index in [0.717, 1.165) is 16.7 Å². The van der Waals surface area contributed by atoms with Gasteiger partial charge in [0.1, 0.15) is 19.5 Å². The van der Waals surface area contributed by atoms with E-state index in [-0.39, 0.29) is 24.0 Å². The zero-order valence-electron chi connectivity index (χ0n) is 18.1. The minimum atomic E-state index is -0.388. The van der Waals surface area contributed by atoms with Crippen LogP contribution in [-0.4, -0.2) is 38.5 Å². The molecule has 1 amide bonds. The van der Waals surface area contributed by atoms with Crippen molar-refractivity contribution in [3.63, 3.8) is 0 Å². The van der Waals surface area contributed by atoms with E-state index in [2.05, 4.69) is 20.9 Å². The van der Waals surface area contributed by atoms with Gasteiger partial charge in [-0.2, -0.15) is 0 Å². The van der Waals surface area contributed by atoms with E-state index in [1.165, 1.54) is 20.2 Å². The molecule has 0 aliphatic heterocycles. The maximum absolute atomic E-state index is 14.4. The van der Waals surface area contributed by atoms with Gasteiger partial charge >= 0.3 is 0 Å². The first-order valence-corrected chi connectivity index (χ1v) is 9.41. The summed E-state index contributed by atoms with van der Waals surface area (Å²) < 4.78 is 14.4. The van der Waals surface area contributed by atoms with E-state index in [4.69, 9.17) is 9.68 Å². The number of aryl methyl sites for hydroxylation is 2. The molecule has 0 spiro atoms. The van der Waals surface area contributed by atoms with Crippen LogP contribution in [0.25, 0.3) is 0 Å². The van der Waals surface area contributed by atoms with Gasteiger partial charge in [0, 0.05) is 30.9 Å². The van der Waals surface area contributed by atoms with Crippen molar-refractivity contribution in [1.29, 1.82) is 0 Å². The number of carbonyl (C=O) groups excluding carboxylic acids is 1. The van der Waals surface area contributed by atoms with Crippen molar-refractivity contribution in [3.8, 4) is 0 Å². The third-order valence-corrected chi connectivity index (χ3v) is 4.68. The Kier molecular flexibility index (Phi) is 7.91. The number of benzene rings is 2. The Bertz CT molecular complexity index is 987. The third kappa shape index (κ3) is 4.94. The predicted octanol–water partition coefficient (Wildman–Crippen LogP) is 3.52. The second-order valence-corrected chi connectivity index (χ2v) is 6.62. The molecule has 8 heteroatoms. The smallest absolute Gasteiger partial charge is 0.273 e. The first-order valence-electron chi connectivity index (χ1n) is 9.41. The van der Waals surface area contributed by atoms with Gasteiger partial charge in [-0.15, -0.1) is 0 Å². The van der Waals surface area contributed by atoms with Crippen molar-refractivity contribution in [1.82, 2.24) is 5.32 Å². The number of carbonyl (C=O) groups is 1. The molecule has 0 heterocycles. The average Bonchev–Trinajstić information content (AvgIpc) is 2.73. The highest BCUT2D eigenvalue weighted by Gasteiger charge is 2.19. The number of likely N-dealkylation sites (N-methyl/N-ethyl adjacent to an activating group) is 1. The van der Waals surface area contributed by atoms with Crippen LogP contribution in [-0.2, 0) is 21.1 Å². The number of nitrogens with zero attached hydrogens (tertiary/aromatic N) is 2. The molecule has 0 unspecified atom stereocenters. The normalized spacial score (nSPS) is 11.8. The molecule has 0 saturated carbocycles. The fourth-order valence-electron chi connectivity index (χ4n) is 3.13. The molecule has 2 aromatic rings. The SMILES string of the molecule is CNC(=O)/C(=N/OC)c1cccc(C)c1CO/N=C(\C)c1c(F)ccc(C)c1NC. The number of hydrogen-bond acceptors (Lipinski definition) is 6. The van der Waals surface area contributed by atoms with Crippen LogP contribution in [0.15, 0.2) is 40.6 Å². The van der Waals surface area contributed by atoms with E-state index in [9.17, 15) is 9.18 Å². The monoisotopic (exact) mass is 414 g/mol. The minimum Gasteiger partial charge on any atom is -0.398 e. The predicted molar refractivity (Wildman–Crippen MR) is 116 cm³/mol. The van der Waals surface area contributed by atoms with Crippen molar-refractivity contribution in [2.45, 2.75) is 27.4 Å². The molecule has 7 nitrogen and oxygen atoms in total. The second-order valence-electron chi connectivity index (χ2n) is 6.62. The van der Waals surface area contributed by atoms with E-state index >= 15 is 0 Å². The maximum atomic E-state index is 14.4. The summed E-state index contributed by atoms with van der Waals surface area (Å²) in [5, 5.41) is 13.5. The van der Waals surface area contributed by atoms with Gasteiger partial charge in [-0.25, -0.2) is 4.39 Å². The zero-order valence-corrected chi connectivity index (χ0v) is 18.1. The molecule has 0 atom stereocenters. The zero-order chi connectivity index (χ0) is 22.3. The Morgan fingerprint density at radius 2 is 1.83 bits per heavy atom. The molecular weight excluding hydrogens is 387 g/mol. The Morgan fingerprint density at radius 3 is 2.47 bits per heavy atom. The fourth-order valence-corrected chi connectivity index (χ4v) is 3.13. The summed E-state index contributed by atoms with van der Waals surface area (Å²) >= 11 is 0. The molecule has 0 aliphatic carbocycles. The molecule has 2 rings (SSSR count). The van der Waals surface area contributed by atoms with Gasteiger partial charge in [0.25, 0.3) is 5.91 Å².